The summed E-state index contributed by atoms with van der Waals surface area (Å²) >= 11 is 5.44. The molecule has 2 rings (SSSR count). The molecule has 0 saturated heterocycles. The van der Waals surface area contributed by atoms with E-state index in [9.17, 15) is 0 Å². The highest BCUT2D eigenvalue weighted by Crippen LogP contribution is 2.31. The molecule has 1 heterocycles. The van der Waals surface area contributed by atoms with Crippen LogP contribution in [-0.4, -0.2) is 9.55 Å². The lowest BCUT2D eigenvalue weighted by Gasteiger charge is -2.27. The first-order valence-corrected chi connectivity index (χ1v) is 8.07. The number of imidazole rings is 1. The Morgan fingerprint density at radius 3 is 2.74 bits per heavy atom. The minimum atomic E-state index is 0.160. The number of hydrogen-bond donors (Lipinski definition) is 1. The van der Waals surface area contributed by atoms with Crippen molar-refractivity contribution in [3.8, 4) is 0 Å². The SMILES string of the molecule is CC1CCCC(CCn2c(C(C)(C)C)c[nH]c2=S)C1. The van der Waals surface area contributed by atoms with E-state index in [0.29, 0.717) is 0 Å². The Kier molecular flexibility index (Phi) is 4.54. The second-order valence-electron chi connectivity index (χ2n) is 7.31. The molecule has 0 amide bonds. The van der Waals surface area contributed by atoms with Crippen LogP contribution in [0.1, 0.15) is 65.5 Å². The molecule has 1 aliphatic carbocycles. The van der Waals surface area contributed by atoms with Gasteiger partial charge < -0.3 is 9.55 Å². The lowest BCUT2D eigenvalue weighted by Crippen LogP contribution is -2.20. The van der Waals surface area contributed by atoms with Gasteiger partial charge in [-0.2, -0.15) is 0 Å². The Morgan fingerprint density at radius 1 is 1.37 bits per heavy atom. The van der Waals surface area contributed by atoms with E-state index < -0.39 is 0 Å². The fourth-order valence-electron chi connectivity index (χ4n) is 3.37. The highest BCUT2D eigenvalue weighted by molar-refractivity contribution is 7.71. The van der Waals surface area contributed by atoms with Crippen LogP contribution in [0.5, 0.6) is 0 Å². The minimum Gasteiger partial charge on any atom is -0.337 e. The van der Waals surface area contributed by atoms with Crippen LogP contribution < -0.4 is 0 Å². The summed E-state index contributed by atoms with van der Waals surface area (Å²) in [4.78, 5) is 3.22. The number of nitrogens with one attached hydrogen (secondary N) is 1. The van der Waals surface area contributed by atoms with Crippen LogP contribution in [0.3, 0.4) is 0 Å². The average Bonchev–Trinajstić information content (AvgIpc) is 2.68. The Hall–Kier alpha value is -0.570. The zero-order valence-corrected chi connectivity index (χ0v) is 13.6. The van der Waals surface area contributed by atoms with Crippen molar-refractivity contribution in [3.05, 3.63) is 16.7 Å². The molecule has 1 fully saturated rings. The summed E-state index contributed by atoms with van der Waals surface area (Å²) in [6.07, 6.45) is 9.02. The molecule has 2 unspecified atom stereocenters. The van der Waals surface area contributed by atoms with Crippen LogP contribution in [0.2, 0.25) is 0 Å². The molecule has 108 valence electrons. The van der Waals surface area contributed by atoms with Gasteiger partial charge >= 0.3 is 0 Å². The van der Waals surface area contributed by atoms with Crippen molar-refractivity contribution in [3.63, 3.8) is 0 Å². The predicted octanol–water partition coefficient (Wildman–Crippen LogP) is 5.06. The lowest BCUT2D eigenvalue weighted by molar-refractivity contribution is 0.259. The van der Waals surface area contributed by atoms with Crippen LogP contribution in [0.15, 0.2) is 6.20 Å². The van der Waals surface area contributed by atoms with E-state index >= 15 is 0 Å². The number of nitrogens with zero attached hydrogens (tertiary/aromatic N) is 1. The monoisotopic (exact) mass is 280 g/mol. The van der Waals surface area contributed by atoms with Gasteiger partial charge in [-0.1, -0.05) is 47.0 Å². The topological polar surface area (TPSA) is 20.7 Å². The fourth-order valence-corrected chi connectivity index (χ4v) is 3.62. The Balaban J connectivity index is 2.03. The first kappa shape index (κ1) is 14.8. The first-order chi connectivity index (χ1) is 8.88. The van der Waals surface area contributed by atoms with Gasteiger partial charge in [0.15, 0.2) is 4.77 Å². The van der Waals surface area contributed by atoms with Crippen LogP contribution in [-0.2, 0) is 12.0 Å². The minimum absolute atomic E-state index is 0.160. The van der Waals surface area contributed by atoms with Gasteiger partial charge in [-0.3, -0.25) is 0 Å². The number of aromatic amines is 1. The van der Waals surface area contributed by atoms with Gasteiger partial charge in [-0.15, -0.1) is 0 Å². The van der Waals surface area contributed by atoms with Crippen LogP contribution in [0.4, 0.5) is 0 Å². The number of H-pyrrole nitrogens is 1. The molecule has 0 bridgehead atoms. The zero-order chi connectivity index (χ0) is 14.0. The van der Waals surface area contributed by atoms with Crippen LogP contribution >= 0.6 is 12.2 Å². The maximum absolute atomic E-state index is 5.44. The molecule has 1 aromatic rings. The summed E-state index contributed by atoms with van der Waals surface area (Å²) in [5, 5.41) is 0. The number of rotatable bonds is 3. The smallest absolute Gasteiger partial charge is 0.177 e. The number of aromatic nitrogens is 2. The first-order valence-electron chi connectivity index (χ1n) is 7.66. The summed E-state index contributed by atoms with van der Waals surface area (Å²) in [5.74, 6) is 1.81. The lowest BCUT2D eigenvalue weighted by atomic mass is 9.81. The third kappa shape index (κ3) is 3.71. The van der Waals surface area contributed by atoms with Crippen molar-refractivity contribution < 1.29 is 0 Å². The maximum atomic E-state index is 5.44. The van der Waals surface area contributed by atoms with E-state index in [2.05, 4.69) is 43.4 Å². The van der Waals surface area contributed by atoms with Crippen molar-refractivity contribution in [1.29, 1.82) is 0 Å². The average molecular weight is 280 g/mol. The van der Waals surface area contributed by atoms with Gasteiger partial charge in [0, 0.05) is 23.9 Å². The predicted molar refractivity (Wildman–Crippen MR) is 84.1 cm³/mol. The molecule has 1 aromatic heterocycles. The van der Waals surface area contributed by atoms with Gasteiger partial charge in [0.2, 0.25) is 0 Å². The third-order valence-corrected chi connectivity index (χ3v) is 4.78. The molecule has 1 N–H and O–H groups in total. The zero-order valence-electron chi connectivity index (χ0n) is 12.8. The van der Waals surface area contributed by atoms with Crippen molar-refractivity contribution in [2.75, 3.05) is 0 Å². The van der Waals surface area contributed by atoms with Gasteiger partial charge in [0.25, 0.3) is 0 Å². The largest absolute Gasteiger partial charge is 0.337 e. The molecule has 0 spiro atoms. The molecule has 0 aromatic carbocycles. The number of hydrogen-bond acceptors (Lipinski definition) is 1. The molecule has 0 aliphatic heterocycles. The summed E-state index contributed by atoms with van der Waals surface area (Å²) in [5.41, 5.74) is 1.49. The highest BCUT2D eigenvalue weighted by Gasteiger charge is 2.22. The van der Waals surface area contributed by atoms with Crippen LogP contribution in [0.25, 0.3) is 0 Å². The summed E-state index contributed by atoms with van der Waals surface area (Å²) in [7, 11) is 0. The van der Waals surface area contributed by atoms with Gasteiger partial charge in [0.1, 0.15) is 0 Å². The normalized spacial score (nSPS) is 24.6. The summed E-state index contributed by atoms with van der Waals surface area (Å²) in [6.45, 7) is 10.2. The second kappa shape index (κ2) is 5.82. The standard InChI is InChI=1S/C16H28N2S/c1-12-6-5-7-13(10-12)8-9-18-14(16(2,3)4)11-17-15(18)19/h11-13H,5-10H2,1-4H3,(H,17,19). The Morgan fingerprint density at radius 2 is 2.11 bits per heavy atom. The van der Waals surface area contributed by atoms with E-state index in [-0.39, 0.29) is 5.41 Å². The third-order valence-electron chi connectivity index (χ3n) is 4.44. The van der Waals surface area contributed by atoms with Crippen molar-refractivity contribution >= 4 is 12.2 Å². The van der Waals surface area contributed by atoms with Gasteiger partial charge in [-0.25, -0.2) is 0 Å². The van der Waals surface area contributed by atoms with Crippen LogP contribution in [0, 0.1) is 16.6 Å². The quantitative estimate of drug-likeness (QED) is 0.768. The Bertz CT molecular complexity index is 464. The Labute approximate surface area is 122 Å². The van der Waals surface area contributed by atoms with E-state index in [1.165, 1.54) is 37.8 Å². The van der Waals surface area contributed by atoms with E-state index in [4.69, 9.17) is 12.2 Å². The molecule has 1 saturated carbocycles. The molecule has 2 atom stereocenters. The summed E-state index contributed by atoms with van der Waals surface area (Å²) < 4.78 is 3.20. The molecular weight excluding hydrogens is 252 g/mol. The van der Waals surface area contributed by atoms with E-state index in [1.807, 2.05) is 0 Å². The molecular formula is C16H28N2S. The van der Waals surface area contributed by atoms with Gasteiger partial charge in [0.05, 0.1) is 0 Å². The van der Waals surface area contributed by atoms with E-state index in [0.717, 1.165) is 23.2 Å². The summed E-state index contributed by atoms with van der Waals surface area (Å²) in [6, 6.07) is 0. The molecule has 1 aliphatic rings. The molecule has 19 heavy (non-hydrogen) atoms. The maximum Gasteiger partial charge on any atom is 0.177 e. The molecule has 3 heteroatoms. The molecule has 0 radical (unpaired) electrons. The van der Waals surface area contributed by atoms with Gasteiger partial charge in [-0.05, 0) is 36.9 Å². The van der Waals surface area contributed by atoms with Crippen molar-refractivity contribution in [2.45, 2.75) is 71.8 Å². The van der Waals surface area contributed by atoms with Crippen molar-refractivity contribution in [1.82, 2.24) is 9.55 Å². The van der Waals surface area contributed by atoms with Crippen molar-refractivity contribution in [2.24, 2.45) is 11.8 Å². The molecule has 2 nitrogen and oxygen atoms in total. The fraction of sp³-hybridized carbons (Fsp3) is 0.812. The van der Waals surface area contributed by atoms with E-state index in [1.54, 1.807) is 0 Å². The highest BCUT2D eigenvalue weighted by atomic mass is 32.1. The second-order valence-corrected chi connectivity index (χ2v) is 7.69.